The third-order valence-electron chi connectivity index (χ3n) is 6.26. The molecule has 1 N–H and O–H groups in total. The van der Waals surface area contributed by atoms with E-state index in [2.05, 4.69) is 19.4 Å². The van der Waals surface area contributed by atoms with E-state index in [0.717, 1.165) is 34.9 Å². The zero-order valence-electron chi connectivity index (χ0n) is 16.2. The molecule has 3 aliphatic heterocycles. The normalized spacial score (nSPS) is 24.0. The van der Waals surface area contributed by atoms with Crippen molar-refractivity contribution in [3.05, 3.63) is 47.0 Å². The molecule has 6 rings (SSSR count). The van der Waals surface area contributed by atoms with Crippen molar-refractivity contribution in [3.63, 3.8) is 0 Å². The minimum Gasteiger partial charge on any atom is -0.494 e. The molecule has 5 heterocycles. The molecule has 2 bridgehead atoms. The fourth-order valence-electron chi connectivity index (χ4n) is 4.81. The molecule has 28 heavy (non-hydrogen) atoms. The quantitative estimate of drug-likeness (QED) is 0.740. The van der Waals surface area contributed by atoms with Crippen LogP contribution in [0, 0.1) is 5.92 Å². The number of rotatable bonds is 5. The molecule has 0 spiro atoms. The lowest BCUT2D eigenvalue weighted by Gasteiger charge is -2.45. The van der Waals surface area contributed by atoms with Crippen LogP contribution in [-0.4, -0.2) is 45.2 Å². The molecule has 146 valence electrons. The van der Waals surface area contributed by atoms with Gasteiger partial charge in [-0.2, -0.15) is 0 Å². The molecule has 0 radical (unpaired) electrons. The van der Waals surface area contributed by atoms with E-state index in [1.165, 1.54) is 32.4 Å². The van der Waals surface area contributed by atoms with Crippen LogP contribution < -0.4 is 10.3 Å². The van der Waals surface area contributed by atoms with Crippen LogP contribution in [0.15, 0.2) is 41.5 Å². The summed E-state index contributed by atoms with van der Waals surface area (Å²) in [7, 11) is 0. The Balaban J connectivity index is 1.49. The van der Waals surface area contributed by atoms with Gasteiger partial charge in [0.2, 0.25) is 0 Å². The average molecular weight is 378 g/mol. The van der Waals surface area contributed by atoms with Gasteiger partial charge in [0.1, 0.15) is 11.6 Å². The number of hydrogen-bond acceptors (Lipinski definition) is 4. The summed E-state index contributed by atoms with van der Waals surface area (Å²) in [5.41, 5.74) is 1.32. The number of H-pyrrole nitrogens is 1. The number of nitrogens with one attached hydrogen (secondary N) is 1. The molecular formula is C22H26N4O2. The van der Waals surface area contributed by atoms with Gasteiger partial charge in [-0.05, 0) is 69.5 Å². The van der Waals surface area contributed by atoms with Crippen molar-refractivity contribution in [1.82, 2.24) is 19.4 Å². The molecule has 1 unspecified atom stereocenters. The molecule has 2 aromatic heterocycles. The highest BCUT2D eigenvalue weighted by Gasteiger charge is 2.33. The van der Waals surface area contributed by atoms with Gasteiger partial charge in [-0.15, -0.1) is 0 Å². The number of pyridine rings is 1. The van der Waals surface area contributed by atoms with Crippen LogP contribution in [0.4, 0.5) is 0 Å². The molecule has 3 aliphatic rings. The predicted octanol–water partition coefficient (Wildman–Crippen LogP) is 3.27. The number of aromatic amines is 1. The van der Waals surface area contributed by atoms with Crippen LogP contribution in [-0.2, 0) is 6.54 Å². The number of ether oxygens (including phenoxy) is 1. The summed E-state index contributed by atoms with van der Waals surface area (Å²) in [6, 6.07) is 8.23. The number of aromatic nitrogens is 3. The van der Waals surface area contributed by atoms with E-state index in [0.29, 0.717) is 18.2 Å². The number of hydrogen-bond donors (Lipinski definition) is 1. The maximum atomic E-state index is 12.8. The van der Waals surface area contributed by atoms with Gasteiger partial charge in [-0.3, -0.25) is 9.69 Å². The van der Waals surface area contributed by atoms with Gasteiger partial charge >= 0.3 is 0 Å². The van der Waals surface area contributed by atoms with Crippen molar-refractivity contribution in [1.29, 1.82) is 0 Å². The number of fused-ring (bicyclic) bond motifs is 4. The van der Waals surface area contributed by atoms with Crippen LogP contribution in [0.3, 0.4) is 0 Å². The maximum Gasteiger partial charge on any atom is 0.259 e. The summed E-state index contributed by atoms with van der Waals surface area (Å²) in [5.74, 6) is 2.41. The Morgan fingerprint density at radius 3 is 2.86 bits per heavy atom. The van der Waals surface area contributed by atoms with E-state index < -0.39 is 0 Å². The lowest BCUT2D eigenvalue weighted by Crippen LogP contribution is -2.50. The zero-order valence-corrected chi connectivity index (χ0v) is 16.2. The largest absolute Gasteiger partial charge is 0.494 e. The summed E-state index contributed by atoms with van der Waals surface area (Å²) in [4.78, 5) is 22.9. The van der Waals surface area contributed by atoms with Crippen molar-refractivity contribution >= 4 is 10.9 Å². The maximum absolute atomic E-state index is 12.8. The molecule has 1 aromatic carbocycles. The van der Waals surface area contributed by atoms with Gasteiger partial charge in [-0.1, -0.05) is 0 Å². The Kier molecular flexibility index (Phi) is 4.43. The lowest BCUT2D eigenvalue weighted by molar-refractivity contribution is 0.0408. The fourth-order valence-corrected chi connectivity index (χ4v) is 4.81. The number of nitrogens with zero attached hydrogens (tertiary/aromatic N) is 3. The first-order chi connectivity index (χ1) is 13.7. The Labute approximate surface area is 164 Å². The lowest BCUT2D eigenvalue weighted by atomic mass is 9.83. The molecule has 0 saturated carbocycles. The third-order valence-corrected chi connectivity index (χ3v) is 6.26. The predicted molar refractivity (Wildman–Crippen MR) is 110 cm³/mol. The SMILES string of the molecule is CCOc1ccc2[nH]c(=O)c(-c3nccn3CC3CC4CCN3CC4)cc2c1. The first-order valence-electron chi connectivity index (χ1n) is 10.3. The highest BCUT2D eigenvalue weighted by Crippen LogP contribution is 2.33. The zero-order chi connectivity index (χ0) is 19.1. The van der Waals surface area contributed by atoms with Crippen LogP contribution in [0.5, 0.6) is 5.75 Å². The Morgan fingerprint density at radius 1 is 1.25 bits per heavy atom. The molecule has 3 aromatic rings. The Bertz CT molecular complexity index is 1050. The van der Waals surface area contributed by atoms with Gasteiger partial charge in [0, 0.05) is 35.9 Å². The first-order valence-corrected chi connectivity index (χ1v) is 10.3. The number of piperidine rings is 3. The van der Waals surface area contributed by atoms with Gasteiger partial charge in [-0.25, -0.2) is 4.98 Å². The summed E-state index contributed by atoms with van der Waals surface area (Å²) in [6.07, 6.45) is 7.72. The monoisotopic (exact) mass is 378 g/mol. The highest BCUT2D eigenvalue weighted by atomic mass is 16.5. The van der Waals surface area contributed by atoms with Crippen molar-refractivity contribution in [2.75, 3.05) is 19.7 Å². The molecule has 6 nitrogen and oxygen atoms in total. The van der Waals surface area contributed by atoms with E-state index in [1.54, 1.807) is 6.20 Å². The van der Waals surface area contributed by atoms with Gasteiger partial charge in [0.15, 0.2) is 0 Å². The molecule has 3 saturated heterocycles. The van der Waals surface area contributed by atoms with E-state index in [1.807, 2.05) is 37.4 Å². The third kappa shape index (κ3) is 3.11. The minimum atomic E-state index is -0.102. The summed E-state index contributed by atoms with van der Waals surface area (Å²) in [5, 5.41) is 0.954. The second kappa shape index (κ2) is 7.09. The smallest absolute Gasteiger partial charge is 0.259 e. The van der Waals surface area contributed by atoms with Crippen LogP contribution in [0.25, 0.3) is 22.3 Å². The van der Waals surface area contributed by atoms with E-state index >= 15 is 0 Å². The Morgan fingerprint density at radius 2 is 2.11 bits per heavy atom. The van der Waals surface area contributed by atoms with Crippen LogP contribution in [0.2, 0.25) is 0 Å². The topological polar surface area (TPSA) is 63.2 Å². The highest BCUT2D eigenvalue weighted by molar-refractivity contribution is 5.83. The average Bonchev–Trinajstić information content (AvgIpc) is 3.17. The number of benzene rings is 1. The molecule has 6 heteroatoms. The molecule has 1 atom stereocenters. The van der Waals surface area contributed by atoms with Crippen molar-refractivity contribution in [3.8, 4) is 17.1 Å². The van der Waals surface area contributed by atoms with E-state index in [4.69, 9.17) is 4.74 Å². The number of imidazole rings is 1. The summed E-state index contributed by atoms with van der Waals surface area (Å²) >= 11 is 0. The van der Waals surface area contributed by atoms with Crippen LogP contribution in [0.1, 0.15) is 26.2 Å². The minimum absolute atomic E-state index is 0.102. The summed E-state index contributed by atoms with van der Waals surface area (Å²) in [6.45, 7) is 5.88. The standard InChI is InChI=1S/C22H26N4O2/c1-2-28-18-3-4-20-16(12-18)13-19(22(27)24-20)21-23-7-10-26(21)14-17-11-15-5-8-25(17)9-6-15/h3-4,7,10,12-13,15,17H,2,5-6,8-9,11,14H2,1H3,(H,24,27). The van der Waals surface area contributed by atoms with Crippen molar-refractivity contribution in [2.24, 2.45) is 5.92 Å². The Hall–Kier alpha value is -2.60. The van der Waals surface area contributed by atoms with Gasteiger partial charge < -0.3 is 14.3 Å². The van der Waals surface area contributed by atoms with E-state index in [-0.39, 0.29) is 5.56 Å². The molecule has 3 fully saturated rings. The second-order valence-corrected chi connectivity index (χ2v) is 7.97. The first kappa shape index (κ1) is 17.5. The molecular weight excluding hydrogens is 352 g/mol. The van der Waals surface area contributed by atoms with Crippen molar-refractivity contribution < 1.29 is 4.74 Å². The van der Waals surface area contributed by atoms with Crippen LogP contribution >= 0.6 is 0 Å². The second-order valence-electron chi connectivity index (χ2n) is 7.97. The van der Waals surface area contributed by atoms with Crippen molar-refractivity contribution in [2.45, 2.75) is 38.8 Å². The van der Waals surface area contributed by atoms with E-state index in [9.17, 15) is 4.79 Å². The molecule has 0 aliphatic carbocycles. The fraction of sp³-hybridized carbons (Fsp3) is 0.455. The van der Waals surface area contributed by atoms with Gasteiger partial charge in [0.05, 0.1) is 12.2 Å². The van der Waals surface area contributed by atoms with Gasteiger partial charge in [0.25, 0.3) is 5.56 Å². The summed E-state index contributed by atoms with van der Waals surface area (Å²) < 4.78 is 7.76. The molecule has 0 amide bonds.